The number of benzene rings is 1. The van der Waals surface area contributed by atoms with E-state index in [1.807, 2.05) is 19.2 Å². The van der Waals surface area contributed by atoms with Crippen molar-refractivity contribution in [3.8, 4) is 11.3 Å². The molecule has 34 heavy (non-hydrogen) atoms. The van der Waals surface area contributed by atoms with Gasteiger partial charge in [-0.25, -0.2) is 23.7 Å². The van der Waals surface area contributed by atoms with Crippen molar-refractivity contribution in [2.24, 2.45) is 0 Å². The maximum Gasteiger partial charge on any atom is 0.229 e. The van der Waals surface area contributed by atoms with Crippen LogP contribution in [0.25, 0.3) is 22.2 Å². The van der Waals surface area contributed by atoms with Crippen LogP contribution < -0.4 is 16.1 Å². The van der Waals surface area contributed by atoms with Gasteiger partial charge in [-0.1, -0.05) is 0 Å². The molecule has 0 aliphatic carbocycles. The van der Waals surface area contributed by atoms with Crippen molar-refractivity contribution in [2.75, 3.05) is 18.4 Å². The number of nitrogens with zero attached hydrogens (tertiary/aromatic N) is 4. The Kier molecular flexibility index (Phi) is 6.09. The number of rotatable bonds is 5. The third kappa shape index (κ3) is 4.30. The van der Waals surface area contributed by atoms with E-state index in [-0.39, 0.29) is 28.6 Å². The summed E-state index contributed by atoms with van der Waals surface area (Å²) in [4.78, 5) is 25.3. The molecule has 2 N–H and O–H groups in total. The first-order valence-corrected chi connectivity index (χ1v) is 12.1. The predicted octanol–water partition coefficient (Wildman–Crippen LogP) is 4.98. The van der Waals surface area contributed by atoms with Crippen molar-refractivity contribution in [1.82, 2.24) is 24.8 Å². The average molecular weight is 483 g/mol. The van der Waals surface area contributed by atoms with Crippen molar-refractivity contribution in [2.45, 2.75) is 38.6 Å². The minimum absolute atomic E-state index is 0.0238. The molecule has 176 valence electrons. The van der Waals surface area contributed by atoms with Crippen molar-refractivity contribution in [3.05, 3.63) is 63.5 Å². The lowest BCUT2D eigenvalue weighted by Crippen LogP contribution is -2.26. The smallest absolute Gasteiger partial charge is 0.229 e. The summed E-state index contributed by atoms with van der Waals surface area (Å²) in [5.74, 6) is -0.825. The fourth-order valence-electron chi connectivity index (χ4n) is 4.31. The molecule has 1 aliphatic heterocycles. The first-order chi connectivity index (χ1) is 16.4. The summed E-state index contributed by atoms with van der Waals surface area (Å²) in [5, 5.41) is 9.00. The summed E-state index contributed by atoms with van der Waals surface area (Å²) in [6, 6.07) is 4.05. The number of hydrogen-bond donors (Lipinski definition) is 2. The quantitative estimate of drug-likeness (QED) is 0.417. The summed E-state index contributed by atoms with van der Waals surface area (Å²) in [6.45, 7) is 5.80. The van der Waals surface area contributed by atoms with Crippen LogP contribution in [0.2, 0.25) is 0 Å². The van der Waals surface area contributed by atoms with Gasteiger partial charge in [0.15, 0.2) is 16.4 Å². The minimum atomic E-state index is -0.716. The zero-order valence-electron chi connectivity index (χ0n) is 18.8. The molecule has 0 amide bonds. The van der Waals surface area contributed by atoms with Crippen molar-refractivity contribution in [3.63, 3.8) is 0 Å². The lowest BCUT2D eigenvalue weighted by atomic mass is 9.96. The molecule has 0 atom stereocenters. The van der Waals surface area contributed by atoms with Crippen LogP contribution in [-0.4, -0.2) is 32.6 Å². The largest absolute Gasteiger partial charge is 0.345 e. The van der Waals surface area contributed by atoms with Crippen LogP contribution in [0.5, 0.6) is 0 Å². The Labute approximate surface area is 198 Å². The second-order valence-corrected chi connectivity index (χ2v) is 9.51. The van der Waals surface area contributed by atoms with Gasteiger partial charge in [0.25, 0.3) is 0 Å². The highest BCUT2D eigenvalue weighted by Gasteiger charge is 2.19. The van der Waals surface area contributed by atoms with E-state index in [4.69, 9.17) is 0 Å². The molecule has 3 aromatic heterocycles. The van der Waals surface area contributed by atoms with Crippen LogP contribution in [0.15, 0.2) is 40.8 Å². The summed E-state index contributed by atoms with van der Waals surface area (Å²) in [6.07, 6.45) is 4.74. The van der Waals surface area contributed by atoms with Gasteiger partial charge in [-0.05, 0) is 51.9 Å². The van der Waals surface area contributed by atoms with E-state index in [0.29, 0.717) is 16.6 Å². The van der Waals surface area contributed by atoms with Gasteiger partial charge in [-0.15, -0.1) is 11.3 Å². The van der Waals surface area contributed by atoms with Gasteiger partial charge in [0, 0.05) is 35.2 Å². The van der Waals surface area contributed by atoms with Crippen LogP contribution in [0.3, 0.4) is 0 Å². The second kappa shape index (κ2) is 9.19. The normalized spacial score (nSPS) is 14.7. The molecular weight excluding hydrogens is 458 g/mol. The summed E-state index contributed by atoms with van der Waals surface area (Å²) in [5.41, 5.74) is 1.16. The fraction of sp³-hybridized carbons (Fsp3) is 0.333. The Bertz CT molecular complexity index is 1410. The third-order valence-corrected chi connectivity index (χ3v) is 6.83. The molecule has 1 aliphatic rings. The van der Waals surface area contributed by atoms with Gasteiger partial charge in [-0.3, -0.25) is 4.79 Å². The highest BCUT2D eigenvalue weighted by atomic mass is 32.1. The highest BCUT2D eigenvalue weighted by Crippen LogP contribution is 2.31. The van der Waals surface area contributed by atoms with Crippen molar-refractivity contribution >= 4 is 33.3 Å². The maximum atomic E-state index is 15.0. The zero-order valence-corrected chi connectivity index (χ0v) is 19.6. The van der Waals surface area contributed by atoms with E-state index in [2.05, 4.69) is 25.6 Å². The lowest BCUT2D eigenvalue weighted by Gasteiger charge is -2.20. The number of hydrogen-bond acceptors (Lipinski definition) is 7. The number of anilines is 2. The molecule has 0 spiro atoms. The van der Waals surface area contributed by atoms with Crippen molar-refractivity contribution < 1.29 is 8.78 Å². The molecule has 10 heteroatoms. The van der Waals surface area contributed by atoms with E-state index >= 15 is 0 Å². The fourth-order valence-corrected chi connectivity index (χ4v) is 5.10. The standard InChI is InChI=1S/C24H24F2N6OS/c1-13(2)32-8-5-20(33)21-16(25)9-15(10-19(21)32)22-17(26)11-28-23(30-22)31-24-29-18(12-34-24)14-3-6-27-7-4-14/h5,8-14,27H,3-4,6-7H2,1-2H3,(H,28,29,30,31). The van der Waals surface area contributed by atoms with E-state index in [1.54, 1.807) is 16.8 Å². The van der Waals surface area contributed by atoms with Crippen LogP contribution in [0.4, 0.5) is 19.9 Å². The molecule has 4 heterocycles. The van der Waals surface area contributed by atoms with Gasteiger partial charge >= 0.3 is 0 Å². The molecule has 4 aromatic rings. The van der Waals surface area contributed by atoms with Crippen LogP contribution >= 0.6 is 11.3 Å². The molecule has 1 fully saturated rings. The summed E-state index contributed by atoms with van der Waals surface area (Å²) < 4.78 is 31.5. The third-order valence-electron chi connectivity index (χ3n) is 6.05. The van der Waals surface area contributed by atoms with Crippen LogP contribution in [-0.2, 0) is 0 Å². The van der Waals surface area contributed by atoms with E-state index in [9.17, 15) is 13.6 Å². The molecule has 0 unspecified atom stereocenters. The van der Waals surface area contributed by atoms with Gasteiger partial charge in [0.2, 0.25) is 5.95 Å². The predicted molar refractivity (Wildman–Crippen MR) is 130 cm³/mol. The Hall–Kier alpha value is -3.24. The molecule has 1 saturated heterocycles. The summed E-state index contributed by atoms with van der Waals surface area (Å²) >= 11 is 1.44. The number of fused-ring (bicyclic) bond motifs is 1. The summed E-state index contributed by atoms with van der Waals surface area (Å²) in [7, 11) is 0. The maximum absolute atomic E-state index is 15.0. The number of pyridine rings is 1. The average Bonchev–Trinajstić information content (AvgIpc) is 3.29. The number of halogens is 2. The highest BCUT2D eigenvalue weighted by molar-refractivity contribution is 7.13. The first kappa shape index (κ1) is 22.5. The lowest BCUT2D eigenvalue weighted by molar-refractivity contribution is 0.455. The van der Waals surface area contributed by atoms with Crippen LogP contribution in [0.1, 0.15) is 44.3 Å². The molecule has 1 aromatic carbocycles. The molecule has 5 rings (SSSR count). The number of nitrogens with one attached hydrogen (secondary N) is 2. The molecule has 0 bridgehead atoms. The molecule has 0 radical (unpaired) electrons. The van der Waals surface area contributed by atoms with E-state index in [0.717, 1.165) is 43.9 Å². The van der Waals surface area contributed by atoms with Gasteiger partial charge in [0.1, 0.15) is 11.5 Å². The van der Waals surface area contributed by atoms with Crippen LogP contribution in [0, 0.1) is 11.6 Å². The minimum Gasteiger partial charge on any atom is -0.345 e. The first-order valence-electron chi connectivity index (χ1n) is 11.2. The molecule has 7 nitrogen and oxygen atoms in total. The number of aromatic nitrogens is 4. The molecule has 0 saturated carbocycles. The van der Waals surface area contributed by atoms with Gasteiger partial charge in [-0.2, -0.15) is 0 Å². The number of piperidine rings is 1. The zero-order chi connectivity index (χ0) is 23.8. The second-order valence-electron chi connectivity index (χ2n) is 8.65. The van der Waals surface area contributed by atoms with Crippen molar-refractivity contribution in [1.29, 1.82) is 0 Å². The Morgan fingerprint density at radius 1 is 1.18 bits per heavy atom. The Morgan fingerprint density at radius 3 is 2.74 bits per heavy atom. The monoisotopic (exact) mass is 482 g/mol. The van der Waals surface area contributed by atoms with E-state index < -0.39 is 17.1 Å². The molecular formula is C24H24F2N6OS. The van der Waals surface area contributed by atoms with Gasteiger partial charge < -0.3 is 15.2 Å². The SMILES string of the molecule is CC(C)n1ccc(=O)c2c(F)cc(-c3nc(Nc4nc(C5CCNCC5)cs4)ncc3F)cc21. The number of thiazole rings is 1. The Balaban J connectivity index is 1.50. The van der Waals surface area contributed by atoms with Gasteiger partial charge in [0.05, 0.1) is 22.8 Å². The topological polar surface area (TPSA) is 84.7 Å². The van der Waals surface area contributed by atoms with E-state index in [1.165, 1.54) is 17.4 Å². The Morgan fingerprint density at radius 2 is 1.97 bits per heavy atom.